The zero-order valence-electron chi connectivity index (χ0n) is 13.6. The van der Waals surface area contributed by atoms with Crippen LogP contribution in [0.1, 0.15) is 34.8 Å². The van der Waals surface area contributed by atoms with Crippen molar-refractivity contribution in [2.24, 2.45) is 0 Å². The molecular weight excluding hydrogens is 308 g/mol. The van der Waals surface area contributed by atoms with Crippen LogP contribution in [0.2, 0.25) is 0 Å². The normalized spacial score (nSPS) is 12.0. The fraction of sp³-hybridized carbons (Fsp3) is 0.389. The number of thiophene rings is 1. The molecule has 1 atom stereocenters. The van der Waals surface area contributed by atoms with Crippen molar-refractivity contribution in [2.45, 2.75) is 32.6 Å². The molecule has 124 valence electrons. The van der Waals surface area contributed by atoms with Gasteiger partial charge in [-0.2, -0.15) is 0 Å². The third-order valence-electron chi connectivity index (χ3n) is 3.97. The van der Waals surface area contributed by atoms with Gasteiger partial charge < -0.3 is 15.7 Å². The van der Waals surface area contributed by atoms with E-state index in [-0.39, 0.29) is 12.6 Å². The largest absolute Gasteiger partial charge is 0.396 e. The highest BCUT2D eigenvalue weighted by Gasteiger charge is 2.12. The summed E-state index contributed by atoms with van der Waals surface area (Å²) in [4.78, 5) is 13.2. The van der Waals surface area contributed by atoms with E-state index in [2.05, 4.69) is 16.7 Å². The molecule has 0 saturated heterocycles. The Kier molecular flexibility index (Phi) is 6.62. The Labute approximate surface area is 141 Å². The molecule has 23 heavy (non-hydrogen) atoms. The van der Waals surface area contributed by atoms with E-state index in [0.29, 0.717) is 12.5 Å². The number of aliphatic hydroxyl groups is 1. The van der Waals surface area contributed by atoms with E-state index in [1.54, 1.807) is 11.3 Å². The molecule has 2 rings (SSSR count). The molecule has 1 heterocycles. The molecule has 0 aliphatic carbocycles. The van der Waals surface area contributed by atoms with Gasteiger partial charge in [0.15, 0.2) is 0 Å². The summed E-state index contributed by atoms with van der Waals surface area (Å²) in [6.07, 6.45) is 1.54. The van der Waals surface area contributed by atoms with Crippen LogP contribution in [-0.4, -0.2) is 24.3 Å². The predicted octanol–water partition coefficient (Wildman–Crippen LogP) is 4.04. The van der Waals surface area contributed by atoms with Gasteiger partial charge in [0.1, 0.15) is 0 Å². The van der Waals surface area contributed by atoms with Gasteiger partial charge in [0, 0.05) is 23.7 Å². The van der Waals surface area contributed by atoms with Crippen molar-refractivity contribution < 1.29 is 9.90 Å². The Morgan fingerprint density at radius 3 is 2.70 bits per heavy atom. The number of aliphatic hydroxyl groups excluding tert-OH is 1. The van der Waals surface area contributed by atoms with Gasteiger partial charge in [-0.15, -0.1) is 11.3 Å². The molecule has 0 bridgehead atoms. The van der Waals surface area contributed by atoms with Crippen molar-refractivity contribution >= 4 is 23.1 Å². The van der Waals surface area contributed by atoms with Crippen molar-refractivity contribution in [3.8, 4) is 0 Å². The molecule has 3 N–H and O–H groups in total. The van der Waals surface area contributed by atoms with Crippen LogP contribution in [0.15, 0.2) is 35.7 Å². The van der Waals surface area contributed by atoms with Gasteiger partial charge in [-0.25, -0.2) is 4.79 Å². The molecule has 1 aromatic carbocycles. The fourth-order valence-electron chi connectivity index (χ4n) is 2.46. The zero-order chi connectivity index (χ0) is 16.7. The van der Waals surface area contributed by atoms with Crippen LogP contribution in [0.5, 0.6) is 0 Å². The SMILES string of the molecule is Cc1ccc(NC(=O)NCCC(CCO)c2cccs2)cc1C. The van der Waals surface area contributed by atoms with Gasteiger partial charge in [-0.3, -0.25) is 0 Å². The third-order valence-corrected chi connectivity index (χ3v) is 5.00. The smallest absolute Gasteiger partial charge is 0.319 e. The van der Waals surface area contributed by atoms with Crippen LogP contribution >= 0.6 is 11.3 Å². The van der Waals surface area contributed by atoms with Crippen LogP contribution in [0, 0.1) is 13.8 Å². The molecule has 0 aliphatic rings. The van der Waals surface area contributed by atoms with E-state index in [0.717, 1.165) is 24.1 Å². The molecule has 1 unspecified atom stereocenters. The summed E-state index contributed by atoms with van der Waals surface area (Å²) >= 11 is 1.70. The van der Waals surface area contributed by atoms with E-state index in [1.807, 2.05) is 43.5 Å². The lowest BCUT2D eigenvalue weighted by molar-refractivity contribution is 0.250. The quantitative estimate of drug-likeness (QED) is 0.716. The lowest BCUT2D eigenvalue weighted by Crippen LogP contribution is -2.30. The van der Waals surface area contributed by atoms with Crippen LogP contribution in [0.25, 0.3) is 0 Å². The summed E-state index contributed by atoms with van der Waals surface area (Å²) in [5.41, 5.74) is 3.16. The first kappa shape index (κ1) is 17.5. The first-order valence-electron chi connectivity index (χ1n) is 7.86. The maximum atomic E-state index is 12.0. The van der Waals surface area contributed by atoms with Crippen molar-refractivity contribution in [1.82, 2.24) is 5.32 Å². The van der Waals surface area contributed by atoms with Gasteiger partial charge in [-0.05, 0) is 67.3 Å². The fourth-order valence-corrected chi connectivity index (χ4v) is 3.36. The summed E-state index contributed by atoms with van der Waals surface area (Å²) in [7, 11) is 0. The number of nitrogens with one attached hydrogen (secondary N) is 2. The zero-order valence-corrected chi connectivity index (χ0v) is 14.5. The Hall–Kier alpha value is -1.85. The highest BCUT2D eigenvalue weighted by molar-refractivity contribution is 7.10. The molecule has 0 radical (unpaired) electrons. The second-order valence-electron chi connectivity index (χ2n) is 5.69. The lowest BCUT2D eigenvalue weighted by Gasteiger charge is -2.15. The van der Waals surface area contributed by atoms with Gasteiger partial charge in [0.2, 0.25) is 0 Å². The van der Waals surface area contributed by atoms with Crippen molar-refractivity contribution in [2.75, 3.05) is 18.5 Å². The summed E-state index contributed by atoms with van der Waals surface area (Å²) in [5, 5.41) is 17.0. The van der Waals surface area contributed by atoms with E-state index >= 15 is 0 Å². The maximum Gasteiger partial charge on any atom is 0.319 e. The molecule has 0 fully saturated rings. The highest BCUT2D eigenvalue weighted by Crippen LogP contribution is 2.26. The number of carbonyl (C=O) groups is 1. The number of rotatable bonds is 7. The van der Waals surface area contributed by atoms with E-state index in [4.69, 9.17) is 0 Å². The van der Waals surface area contributed by atoms with E-state index < -0.39 is 0 Å². The summed E-state index contributed by atoms with van der Waals surface area (Å²) in [6.45, 7) is 4.82. The number of hydrogen-bond acceptors (Lipinski definition) is 3. The number of amides is 2. The van der Waals surface area contributed by atoms with Gasteiger partial charge in [0.05, 0.1) is 0 Å². The molecule has 5 heteroatoms. The minimum absolute atomic E-state index is 0.164. The number of anilines is 1. The summed E-state index contributed by atoms with van der Waals surface area (Å²) in [5.74, 6) is 0.293. The number of hydrogen-bond donors (Lipinski definition) is 3. The van der Waals surface area contributed by atoms with Crippen LogP contribution < -0.4 is 10.6 Å². The lowest BCUT2D eigenvalue weighted by atomic mass is 10.00. The molecule has 0 spiro atoms. The third kappa shape index (κ3) is 5.37. The average molecular weight is 332 g/mol. The Morgan fingerprint density at radius 1 is 1.22 bits per heavy atom. The second-order valence-corrected chi connectivity index (χ2v) is 6.67. The molecule has 0 saturated carbocycles. The van der Waals surface area contributed by atoms with Crippen molar-refractivity contribution in [1.29, 1.82) is 0 Å². The molecule has 1 aromatic heterocycles. The van der Waals surface area contributed by atoms with Crippen LogP contribution in [0.3, 0.4) is 0 Å². The minimum atomic E-state index is -0.192. The topological polar surface area (TPSA) is 61.4 Å². The number of urea groups is 1. The molecular formula is C18H24N2O2S. The standard InChI is InChI=1S/C18H24N2O2S/c1-13-5-6-16(12-14(13)2)20-18(22)19-9-7-15(8-10-21)17-4-3-11-23-17/h3-6,11-12,15,21H,7-10H2,1-2H3,(H2,19,20,22). The summed E-state index contributed by atoms with van der Waals surface area (Å²) < 4.78 is 0. The Bertz CT molecular complexity index is 626. The average Bonchev–Trinajstić information content (AvgIpc) is 3.04. The second kappa shape index (κ2) is 8.70. The van der Waals surface area contributed by atoms with Crippen LogP contribution in [-0.2, 0) is 0 Å². The van der Waals surface area contributed by atoms with Crippen molar-refractivity contribution in [3.63, 3.8) is 0 Å². The number of carbonyl (C=O) groups excluding carboxylic acids is 1. The highest BCUT2D eigenvalue weighted by atomic mass is 32.1. The molecule has 2 aromatic rings. The summed E-state index contributed by atoms with van der Waals surface area (Å²) in [6, 6.07) is 9.78. The van der Waals surface area contributed by atoms with Crippen molar-refractivity contribution in [3.05, 3.63) is 51.7 Å². The van der Waals surface area contributed by atoms with E-state index in [9.17, 15) is 9.90 Å². The Balaban J connectivity index is 1.80. The molecule has 4 nitrogen and oxygen atoms in total. The minimum Gasteiger partial charge on any atom is -0.396 e. The maximum absolute atomic E-state index is 12.0. The van der Waals surface area contributed by atoms with Gasteiger partial charge in [-0.1, -0.05) is 12.1 Å². The molecule has 2 amide bonds. The number of benzene rings is 1. The number of aryl methyl sites for hydroxylation is 2. The Morgan fingerprint density at radius 2 is 2.04 bits per heavy atom. The predicted molar refractivity (Wildman–Crippen MR) is 96.3 cm³/mol. The van der Waals surface area contributed by atoms with Gasteiger partial charge in [0.25, 0.3) is 0 Å². The first-order valence-corrected chi connectivity index (χ1v) is 8.74. The monoisotopic (exact) mass is 332 g/mol. The van der Waals surface area contributed by atoms with Gasteiger partial charge >= 0.3 is 6.03 Å². The first-order chi connectivity index (χ1) is 11.1. The van der Waals surface area contributed by atoms with E-state index in [1.165, 1.54) is 10.4 Å². The van der Waals surface area contributed by atoms with Crippen LogP contribution in [0.4, 0.5) is 10.5 Å². The molecule has 0 aliphatic heterocycles.